The monoisotopic (exact) mass is 422 g/mol. The van der Waals surface area contributed by atoms with E-state index in [9.17, 15) is 5.11 Å². The Morgan fingerprint density at radius 1 is 1.26 bits per heavy atom. The van der Waals surface area contributed by atoms with E-state index in [-0.39, 0.29) is 23.4 Å². The van der Waals surface area contributed by atoms with Crippen LogP contribution in [0.2, 0.25) is 0 Å². The van der Waals surface area contributed by atoms with Gasteiger partial charge in [-0.3, -0.25) is 4.98 Å². The molecule has 0 radical (unpaired) electrons. The summed E-state index contributed by atoms with van der Waals surface area (Å²) in [6.07, 6.45) is 7.98. The number of nitrogens with one attached hydrogen (secondary N) is 1. The third kappa shape index (κ3) is 3.20. The lowest BCUT2D eigenvalue weighted by Gasteiger charge is -2.49. The van der Waals surface area contributed by atoms with E-state index in [2.05, 4.69) is 32.4 Å². The zero-order valence-corrected chi connectivity index (χ0v) is 18.0. The van der Waals surface area contributed by atoms with Gasteiger partial charge in [0.25, 0.3) is 0 Å². The number of benzene rings is 1. The normalized spacial score (nSPS) is 29.9. The SMILES string of the molecule is CC[C@]1(F)C2CC[C@@](C)(C[C@@H]1N(C)c1cnc(-c3cc4ccncc4cc3O)nn1)N2. The molecule has 2 aromatic heterocycles. The summed E-state index contributed by atoms with van der Waals surface area (Å²) in [6, 6.07) is 4.88. The summed E-state index contributed by atoms with van der Waals surface area (Å²) in [6.45, 7) is 4.09. The fraction of sp³-hybridized carbons (Fsp3) is 0.478. The van der Waals surface area contributed by atoms with Crippen LogP contribution < -0.4 is 10.2 Å². The summed E-state index contributed by atoms with van der Waals surface area (Å²) in [4.78, 5) is 10.4. The minimum Gasteiger partial charge on any atom is -0.507 e. The topological polar surface area (TPSA) is 87.1 Å². The largest absolute Gasteiger partial charge is 0.507 e. The maximum atomic E-state index is 16.1. The van der Waals surface area contributed by atoms with Crippen molar-refractivity contribution < 1.29 is 9.50 Å². The average molecular weight is 423 g/mol. The van der Waals surface area contributed by atoms with Gasteiger partial charge in [-0.05, 0) is 56.2 Å². The van der Waals surface area contributed by atoms with E-state index in [0.717, 1.165) is 23.6 Å². The molecule has 1 unspecified atom stereocenters. The van der Waals surface area contributed by atoms with Crippen molar-refractivity contribution in [3.63, 3.8) is 0 Å². The highest BCUT2D eigenvalue weighted by Gasteiger charge is 2.58. The molecular weight excluding hydrogens is 395 g/mol. The summed E-state index contributed by atoms with van der Waals surface area (Å²) in [5.41, 5.74) is -0.891. The number of fused-ring (bicyclic) bond motifs is 3. The number of phenols is 1. The van der Waals surface area contributed by atoms with E-state index in [0.29, 0.717) is 30.0 Å². The van der Waals surface area contributed by atoms with Gasteiger partial charge in [0.15, 0.2) is 11.6 Å². The number of aromatic hydroxyl groups is 1. The quantitative estimate of drug-likeness (QED) is 0.664. The van der Waals surface area contributed by atoms with E-state index in [1.165, 1.54) is 0 Å². The molecule has 2 N–H and O–H groups in total. The maximum absolute atomic E-state index is 16.1. The highest BCUT2D eigenvalue weighted by atomic mass is 19.1. The minimum atomic E-state index is -1.34. The number of rotatable bonds is 4. The van der Waals surface area contributed by atoms with Gasteiger partial charge < -0.3 is 15.3 Å². The van der Waals surface area contributed by atoms with Crippen molar-refractivity contribution in [3.8, 4) is 17.1 Å². The smallest absolute Gasteiger partial charge is 0.185 e. The second-order valence-electron chi connectivity index (χ2n) is 9.14. The van der Waals surface area contributed by atoms with Crippen LogP contribution in [0.25, 0.3) is 22.2 Å². The molecule has 8 heteroatoms. The number of pyridine rings is 1. The lowest BCUT2D eigenvalue weighted by Crippen LogP contribution is -2.67. The van der Waals surface area contributed by atoms with Crippen LogP contribution in [0.3, 0.4) is 0 Å². The van der Waals surface area contributed by atoms with Gasteiger partial charge in [-0.25, -0.2) is 9.37 Å². The highest BCUT2D eigenvalue weighted by molar-refractivity contribution is 5.88. The van der Waals surface area contributed by atoms with Gasteiger partial charge in [-0.15, -0.1) is 10.2 Å². The van der Waals surface area contributed by atoms with E-state index in [1.807, 2.05) is 31.0 Å². The van der Waals surface area contributed by atoms with Crippen LogP contribution in [0.5, 0.6) is 5.75 Å². The summed E-state index contributed by atoms with van der Waals surface area (Å²) in [5.74, 6) is 0.923. The molecule has 0 spiro atoms. The van der Waals surface area contributed by atoms with Gasteiger partial charge in [-0.2, -0.15) is 0 Å². The van der Waals surface area contributed by atoms with Crippen LogP contribution in [0.1, 0.15) is 39.5 Å². The van der Waals surface area contributed by atoms with Crippen molar-refractivity contribution in [2.75, 3.05) is 11.9 Å². The highest BCUT2D eigenvalue weighted by Crippen LogP contribution is 2.46. The Kier molecular flexibility index (Phi) is 4.58. The predicted molar refractivity (Wildman–Crippen MR) is 118 cm³/mol. The molecule has 7 nitrogen and oxygen atoms in total. The third-order valence-corrected chi connectivity index (χ3v) is 7.20. The Morgan fingerprint density at radius 2 is 2.10 bits per heavy atom. The summed E-state index contributed by atoms with van der Waals surface area (Å²) in [7, 11) is 1.87. The molecule has 2 aliphatic rings. The number of alkyl halides is 1. The summed E-state index contributed by atoms with van der Waals surface area (Å²) < 4.78 is 16.1. The average Bonchev–Trinajstić information content (AvgIpc) is 3.14. The second kappa shape index (κ2) is 7.09. The van der Waals surface area contributed by atoms with Crippen molar-refractivity contribution >= 4 is 16.6 Å². The van der Waals surface area contributed by atoms with Gasteiger partial charge in [0.1, 0.15) is 11.4 Å². The van der Waals surface area contributed by atoms with Crippen LogP contribution in [-0.2, 0) is 0 Å². The molecule has 3 aromatic rings. The number of piperidine rings is 1. The van der Waals surface area contributed by atoms with Crippen molar-refractivity contribution in [1.82, 2.24) is 25.5 Å². The third-order valence-electron chi connectivity index (χ3n) is 7.20. The van der Waals surface area contributed by atoms with Crippen LogP contribution in [0.4, 0.5) is 10.2 Å². The van der Waals surface area contributed by atoms with Gasteiger partial charge in [0.05, 0.1) is 17.8 Å². The standard InChI is InChI=1S/C23H27FN6O/c1-4-23(24)18-5-7-22(2,27-18)11-19(23)30(3)20-13-26-21(29-28-20)16-9-14-6-8-25-12-15(14)10-17(16)31/h6,8-10,12-13,18-19,27,31H,4-5,7,11H2,1-3H3/t18?,19-,22-,23-/m0/s1. The Labute approximate surface area is 180 Å². The van der Waals surface area contributed by atoms with E-state index >= 15 is 4.39 Å². The molecule has 4 heterocycles. The van der Waals surface area contributed by atoms with Crippen molar-refractivity contribution in [2.24, 2.45) is 0 Å². The first-order valence-corrected chi connectivity index (χ1v) is 10.8. The molecule has 1 aromatic carbocycles. The molecule has 2 bridgehead atoms. The fourth-order valence-electron chi connectivity index (χ4n) is 5.34. The lowest BCUT2D eigenvalue weighted by molar-refractivity contribution is 0.0306. The van der Waals surface area contributed by atoms with Gasteiger partial charge in [0, 0.05) is 36.4 Å². The Bertz CT molecular complexity index is 1120. The van der Waals surface area contributed by atoms with Crippen LogP contribution in [-0.4, -0.2) is 55.6 Å². The Hall–Kier alpha value is -2.87. The first-order chi connectivity index (χ1) is 14.8. The molecule has 0 aliphatic carbocycles. The number of aromatic nitrogens is 4. The van der Waals surface area contributed by atoms with E-state index in [4.69, 9.17) is 0 Å². The molecule has 0 saturated carbocycles. The van der Waals surface area contributed by atoms with Crippen molar-refractivity contribution in [2.45, 2.75) is 62.8 Å². The summed E-state index contributed by atoms with van der Waals surface area (Å²) >= 11 is 0. The minimum absolute atomic E-state index is 0.0547. The van der Waals surface area contributed by atoms with Crippen LogP contribution in [0, 0.1) is 0 Å². The number of nitrogens with zero attached hydrogens (tertiary/aromatic N) is 5. The molecule has 2 aliphatic heterocycles. The number of hydrogen-bond donors (Lipinski definition) is 2. The second-order valence-corrected chi connectivity index (χ2v) is 9.14. The molecule has 31 heavy (non-hydrogen) atoms. The number of hydrogen-bond acceptors (Lipinski definition) is 7. The molecule has 4 atom stereocenters. The van der Waals surface area contributed by atoms with E-state index in [1.54, 1.807) is 24.7 Å². The first-order valence-electron chi connectivity index (χ1n) is 10.8. The van der Waals surface area contributed by atoms with Crippen LogP contribution in [0.15, 0.2) is 36.8 Å². The summed E-state index contributed by atoms with van der Waals surface area (Å²) in [5, 5.41) is 24.3. The molecule has 5 rings (SSSR count). The van der Waals surface area contributed by atoms with Crippen LogP contribution >= 0.6 is 0 Å². The number of halogens is 1. The van der Waals surface area contributed by atoms with Gasteiger partial charge >= 0.3 is 0 Å². The Morgan fingerprint density at radius 3 is 2.84 bits per heavy atom. The molecular formula is C23H27FN6O. The molecule has 2 fully saturated rings. The molecule has 0 amide bonds. The predicted octanol–water partition coefficient (Wildman–Crippen LogP) is 3.63. The number of anilines is 1. The zero-order valence-electron chi connectivity index (χ0n) is 18.0. The van der Waals surface area contributed by atoms with Gasteiger partial charge in [-0.1, -0.05) is 6.92 Å². The van der Waals surface area contributed by atoms with E-state index < -0.39 is 5.67 Å². The maximum Gasteiger partial charge on any atom is 0.185 e. The Balaban J connectivity index is 1.45. The zero-order chi connectivity index (χ0) is 21.8. The first kappa shape index (κ1) is 20.1. The molecule has 2 saturated heterocycles. The fourth-order valence-corrected chi connectivity index (χ4v) is 5.34. The lowest BCUT2D eigenvalue weighted by atomic mass is 9.77. The van der Waals surface area contributed by atoms with Crippen molar-refractivity contribution in [3.05, 3.63) is 36.8 Å². The van der Waals surface area contributed by atoms with Crippen molar-refractivity contribution in [1.29, 1.82) is 0 Å². The molecule has 162 valence electrons. The number of phenolic OH excluding ortho intramolecular Hbond substituents is 1. The van der Waals surface area contributed by atoms with Gasteiger partial charge in [0.2, 0.25) is 0 Å².